The van der Waals surface area contributed by atoms with Crippen LogP contribution in [-0.4, -0.2) is 30.0 Å². The van der Waals surface area contributed by atoms with Gasteiger partial charge in [0.15, 0.2) is 0 Å². The summed E-state index contributed by atoms with van der Waals surface area (Å²) in [4.78, 5) is 37.6. The minimum Gasteiger partial charge on any atom is -0.445 e. The van der Waals surface area contributed by atoms with E-state index < -0.39 is 30.0 Å². The van der Waals surface area contributed by atoms with Gasteiger partial charge in [-0.3, -0.25) is 9.59 Å². The van der Waals surface area contributed by atoms with Gasteiger partial charge in [-0.15, -0.1) is 0 Å². The lowest BCUT2D eigenvalue weighted by Crippen LogP contribution is -2.54. The molecule has 0 aliphatic carbocycles. The smallest absolute Gasteiger partial charge is 0.408 e. The van der Waals surface area contributed by atoms with Crippen molar-refractivity contribution in [2.75, 3.05) is 0 Å². The fourth-order valence-electron chi connectivity index (χ4n) is 3.36. The van der Waals surface area contributed by atoms with E-state index >= 15 is 0 Å². The van der Waals surface area contributed by atoms with E-state index in [4.69, 9.17) is 22.1 Å². The van der Waals surface area contributed by atoms with Crippen molar-refractivity contribution in [3.63, 3.8) is 0 Å². The van der Waals surface area contributed by atoms with Crippen molar-refractivity contribution < 1.29 is 19.1 Å². The summed E-state index contributed by atoms with van der Waals surface area (Å²) in [6.07, 6.45) is -0.376. The van der Waals surface area contributed by atoms with E-state index in [9.17, 15) is 14.4 Å². The van der Waals surface area contributed by atoms with Crippen LogP contribution in [0.2, 0.25) is 5.02 Å². The highest BCUT2D eigenvalue weighted by atomic mass is 35.5. The Bertz CT molecular complexity index is 1110. The fraction of sp³-hybridized carbons (Fsp3) is 0.192. The third kappa shape index (κ3) is 7.94. The molecular formula is C26H26ClN3O4. The van der Waals surface area contributed by atoms with Crippen LogP contribution in [0.5, 0.6) is 0 Å². The number of nitrogens with one attached hydrogen (secondary N) is 2. The van der Waals surface area contributed by atoms with Crippen molar-refractivity contribution in [3.8, 4) is 0 Å². The number of rotatable bonds is 10. The molecule has 7 nitrogen and oxygen atoms in total. The SMILES string of the molecule is NC(=O)[C@@H](Cc1cccc(Cl)c1)NC(=O)[C@@H](Cc1ccccc1)NC(=O)OCc1ccccc1. The Kier molecular flexibility index (Phi) is 9.05. The lowest BCUT2D eigenvalue weighted by atomic mass is 10.0. The zero-order valence-electron chi connectivity index (χ0n) is 18.4. The normalized spacial score (nSPS) is 12.3. The predicted octanol–water partition coefficient (Wildman–Crippen LogP) is 3.39. The average molecular weight is 480 g/mol. The van der Waals surface area contributed by atoms with Gasteiger partial charge >= 0.3 is 6.09 Å². The number of nitrogens with two attached hydrogens (primary N) is 1. The number of carbonyl (C=O) groups is 3. The Labute approximate surface area is 203 Å². The number of benzene rings is 3. The van der Waals surface area contributed by atoms with Crippen LogP contribution < -0.4 is 16.4 Å². The summed E-state index contributed by atoms with van der Waals surface area (Å²) >= 11 is 6.02. The molecule has 0 unspecified atom stereocenters. The number of hydrogen-bond donors (Lipinski definition) is 3. The minimum absolute atomic E-state index is 0.0605. The van der Waals surface area contributed by atoms with Gasteiger partial charge in [0.25, 0.3) is 0 Å². The van der Waals surface area contributed by atoms with Crippen LogP contribution in [0.4, 0.5) is 4.79 Å². The molecule has 0 radical (unpaired) electrons. The first kappa shape index (κ1) is 24.8. The summed E-state index contributed by atoms with van der Waals surface area (Å²) in [5, 5.41) is 5.77. The fourth-order valence-corrected chi connectivity index (χ4v) is 3.57. The molecule has 0 aliphatic rings. The summed E-state index contributed by atoms with van der Waals surface area (Å²) in [5.74, 6) is -1.25. The Morgan fingerprint density at radius 2 is 1.35 bits per heavy atom. The van der Waals surface area contributed by atoms with Crippen LogP contribution >= 0.6 is 11.6 Å². The molecule has 3 amide bonds. The number of carbonyl (C=O) groups excluding carboxylic acids is 3. The van der Waals surface area contributed by atoms with Crippen LogP contribution in [0.15, 0.2) is 84.9 Å². The maximum absolute atomic E-state index is 13.1. The quantitative estimate of drug-likeness (QED) is 0.414. The minimum atomic E-state index is -0.980. The monoisotopic (exact) mass is 479 g/mol. The first-order valence-electron chi connectivity index (χ1n) is 10.8. The van der Waals surface area contributed by atoms with E-state index in [-0.39, 0.29) is 19.4 Å². The first-order valence-corrected chi connectivity index (χ1v) is 11.1. The largest absolute Gasteiger partial charge is 0.445 e. The molecule has 8 heteroatoms. The summed E-state index contributed by atoms with van der Waals surface area (Å²) < 4.78 is 5.27. The molecule has 0 bridgehead atoms. The molecule has 0 aromatic heterocycles. The van der Waals surface area contributed by atoms with Crippen LogP contribution in [0.3, 0.4) is 0 Å². The van der Waals surface area contributed by atoms with Crippen molar-refractivity contribution in [1.29, 1.82) is 0 Å². The second-order valence-electron chi connectivity index (χ2n) is 7.75. The molecule has 3 aromatic rings. The maximum Gasteiger partial charge on any atom is 0.408 e. The van der Waals surface area contributed by atoms with E-state index in [0.717, 1.165) is 16.7 Å². The topological polar surface area (TPSA) is 111 Å². The van der Waals surface area contributed by atoms with E-state index in [1.54, 1.807) is 24.3 Å². The van der Waals surface area contributed by atoms with Gasteiger partial charge in [-0.1, -0.05) is 84.4 Å². The lowest BCUT2D eigenvalue weighted by Gasteiger charge is -2.22. The summed E-state index contributed by atoms with van der Waals surface area (Å²) in [5.41, 5.74) is 7.93. The maximum atomic E-state index is 13.1. The number of halogens is 1. The van der Waals surface area contributed by atoms with Gasteiger partial charge in [0, 0.05) is 17.9 Å². The summed E-state index contributed by atoms with van der Waals surface area (Å²) in [7, 11) is 0. The van der Waals surface area contributed by atoms with Crippen LogP contribution in [-0.2, 0) is 33.8 Å². The van der Waals surface area contributed by atoms with Crippen molar-refractivity contribution in [2.45, 2.75) is 31.5 Å². The molecule has 3 rings (SSSR count). The highest BCUT2D eigenvalue weighted by molar-refractivity contribution is 6.30. The average Bonchev–Trinajstić information content (AvgIpc) is 2.83. The molecule has 0 fully saturated rings. The molecule has 3 aromatic carbocycles. The predicted molar refractivity (Wildman–Crippen MR) is 130 cm³/mol. The molecule has 4 N–H and O–H groups in total. The Hall–Kier alpha value is -3.84. The number of amides is 3. The van der Waals surface area contributed by atoms with Crippen LogP contribution in [0.25, 0.3) is 0 Å². The summed E-state index contributed by atoms with van der Waals surface area (Å²) in [6.45, 7) is 0.0605. The Morgan fingerprint density at radius 3 is 1.97 bits per heavy atom. The van der Waals surface area contributed by atoms with Crippen molar-refractivity contribution in [3.05, 3.63) is 107 Å². The summed E-state index contributed by atoms with van der Waals surface area (Å²) in [6, 6.07) is 23.4. The number of ether oxygens (including phenoxy) is 1. The number of hydrogen-bond acceptors (Lipinski definition) is 4. The first-order chi connectivity index (χ1) is 16.4. The Morgan fingerprint density at radius 1 is 0.765 bits per heavy atom. The van der Waals surface area contributed by atoms with Crippen molar-refractivity contribution in [2.24, 2.45) is 5.73 Å². The molecule has 2 atom stereocenters. The zero-order chi connectivity index (χ0) is 24.3. The van der Waals surface area contributed by atoms with Gasteiger partial charge in [0.05, 0.1) is 0 Å². The van der Waals surface area contributed by atoms with Crippen LogP contribution in [0.1, 0.15) is 16.7 Å². The molecular weight excluding hydrogens is 454 g/mol. The van der Waals surface area contributed by atoms with Crippen LogP contribution in [0, 0.1) is 0 Å². The molecule has 34 heavy (non-hydrogen) atoms. The van der Waals surface area contributed by atoms with Gasteiger partial charge in [-0.05, 0) is 28.8 Å². The molecule has 0 saturated carbocycles. The third-order valence-electron chi connectivity index (χ3n) is 5.09. The van der Waals surface area contributed by atoms with E-state index in [1.165, 1.54) is 0 Å². The Balaban J connectivity index is 1.69. The number of alkyl carbamates (subject to hydrolysis) is 1. The second kappa shape index (κ2) is 12.4. The molecule has 0 heterocycles. The lowest BCUT2D eigenvalue weighted by molar-refractivity contribution is -0.128. The molecule has 0 aliphatic heterocycles. The number of primary amides is 1. The van der Waals surface area contributed by atoms with E-state index in [0.29, 0.717) is 5.02 Å². The van der Waals surface area contributed by atoms with Crippen molar-refractivity contribution in [1.82, 2.24) is 10.6 Å². The van der Waals surface area contributed by atoms with Crippen molar-refractivity contribution >= 4 is 29.5 Å². The zero-order valence-corrected chi connectivity index (χ0v) is 19.2. The van der Waals surface area contributed by atoms with Gasteiger partial charge in [-0.25, -0.2) is 4.79 Å². The third-order valence-corrected chi connectivity index (χ3v) is 5.33. The molecule has 0 spiro atoms. The van der Waals surface area contributed by atoms with E-state index in [1.807, 2.05) is 60.7 Å². The van der Waals surface area contributed by atoms with E-state index in [2.05, 4.69) is 10.6 Å². The molecule has 0 saturated heterocycles. The van der Waals surface area contributed by atoms with Gasteiger partial charge in [-0.2, -0.15) is 0 Å². The highest BCUT2D eigenvalue weighted by Gasteiger charge is 2.26. The highest BCUT2D eigenvalue weighted by Crippen LogP contribution is 2.13. The van der Waals surface area contributed by atoms with Gasteiger partial charge in [0.2, 0.25) is 11.8 Å². The standard InChI is InChI=1S/C26H26ClN3O4/c27-21-13-7-12-20(14-21)16-22(24(28)31)29-25(32)23(15-18-8-3-1-4-9-18)30-26(33)34-17-19-10-5-2-6-11-19/h1-14,22-23H,15-17H2,(H2,28,31)(H,29,32)(H,30,33)/t22-,23-/m1/s1. The second-order valence-corrected chi connectivity index (χ2v) is 8.18. The molecule has 176 valence electrons. The van der Waals surface area contributed by atoms with Gasteiger partial charge < -0.3 is 21.1 Å². The van der Waals surface area contributed by atoms with Gasteiger partial charge in [0.1, 0.15) is 18.7 Å².